The lowest BCUT2D eigenvalue weighted by atomic mass is 10.0. The van der Waals surface area contributed by atoms with Crippen LogP contribution in [0.3, 0.4) is 0 Å². The van der Waals surface area contributed by atoms with Gasteiger partial charge in [0.1, 0.15) is 11.9 Å². The summed E-state index contributed by atoms with van der Waals surface area (Å²) in [6, 6.07) is 3.73. The van der Waals surface area contributed by atoms with Crippen molar-refractivity contribution in [2.24, 2.45) is 5.73 Å². The summed E-state index contributed by atoms with van der Waals surface area (Å²) in [5.41, 5.74) is 7.20. The second-order valence-electron chi connectivity index (χ2n) is 4.04. The Kier molecular flexibility index (Phi) is 3.30. The molecule has 0 fully saturated rings. The van der Waals surface area contributed by atoms with Crippen LogP contribution in [0.15, 0.2) is 16.6 Å². The van der Waals surface area contributed by atoms with Crippen molar-refractivity contribution in [1.82, 2.24) is 0 Å². The number of Topliss-reactive ketones (excluding diaryl/α,β-unsaturated/α-hetero) is 1. The second kappa shape index (κ2) is 4.55. The van der Waals surface area contributed by atoms with Gasteiger partial charge in [-0.05, 0) is 47.1 Å². The highest BCUT2D eigenvalue weighted by Gasteiger charge is 2.23. The Labute approximate surface area is 103 Å². The number of rotatable bonds is 3. The molecule has 1 aliphatic heterocycles. The molecular weight excluding hydrogens is 270 g/mol. The van der Waals surface area contributed by atoms with Crippen molar-refractivity contribution >= 4 is 21.7 Å². The van der Waals surface area contributed by atoms with E-state index in [2.05, 4.69) is 15.9 Å². The first-order valence-electron chi connectivity index (χ1n) is 5.34. The lowest BCUT2D eigenvalue weighted by Crippen LogP contribution is -2.08. The molecule has 2 rings (SSSR count). The highest BCUT2D eigenvalue weighted by Crippen LogP contribution is 2.37. The van der Waals surface area contributed by atoms with E-state index in [0.717, 1.165) is 22.2 Å². The molecule has 3 nitrogen and oxygen atoms in total. The van der Waals surface area contributed by atoms with Gasteiger partial charge in [0.05, 0.1) is 4.47 Å². The maximum atomic E-state index is 11.7. The molecule has 0 amide bonds. The zero-order valence-electron chi connectivity index (χ0n) is 9.13. The highest BCUT2D eigenvalue weighted by molar-refractivity contribution is 9.10. The smallest absolute Gasteiger partial charge is 0.164 e. The van der Waals surface area contributed by atoms with Crippen LogP contribution < -0.4 is 10.5 Å². The second-order valence-corrected chi connectivity index (χ2v) is 4.90. The van der Waals surface area contributed by atoms with Crippen molar-refractivity contribution in [3.8, 4) is 5.75 Å². The number of carbonyl (C=O) groups excluding carboxylic acids is 1. The topological polar surface area (TPSA) is 52.3 Å². The molecule has 4 heteroatoms. The van der Waals surface area contributed by atoms with Gasteiger partial charge in [0.2, 0.25) is 0 Å². The number of ether oxygens (including phenoxy) is 1. The first-order valence-corrected chi connectivity index (χ1v) is 6.13. The minimum atomic E-state index is 0.0885. The van der Waals surface area contributed by atoms with E-state index in [0.29, 0.717) is 18.5 Å². The summed E-state index contributed by atoms with van der Waals surface area (Å²) >= 11 is 3.44. The Bertz CT molecular complexity index is 431. The predicted molar refractivity (Wildman–Crippen MR) is 65.9 cm³/mol. The van der Waals surface area contributed by atoms with E-state index >= 15 is 0 Å². The van der Waals surface area contributed by atoms with Gasteiger partial charge < -0.3 is 10.5 Å². The standard InChI is InChI=1S/C12H14BrNO2/c1-7-4-9-5-8(11(15)2-3-14)6-10(13)12(9)16-7/h5-7H,2-4,14H2,1H3. The molecule has 0 spiro atoms. The molecule has 0 aromatic heterocycles. The number of fused-ring (bicyclic) bond motifs is 1. The highest BCUT2D eigenvalue weighted by atomic mass is 79.9. The third-order valence-electron chi connectivity index (χ3n) is 2.64. The molecule has 1 heterocycles. The number of hydrogen-bond acceptors (Lipinski definition) is 3. The largest absolute Gasteiger partial charge is 0.489 e. The predicted octanol–water partition coefficient (Wildman–Crippen LogP) is 2.30. The molecule has 1 aromatic rings. The molecular formula is C12H14BrNO2. The quantitative estimate of drug-likeness (QED) is 0.866. The number of ketones is 1. The van der Waals surface area contributed by atoms with Crippen molar-refractivity contribution in [2.45, 2.75) is 25.9 Å². The van der Waals surface area contributed by atoms with Crippen molar-refractivity contribution in [3.05, 3.63) is 27.7 Å². The fourth-order valence-corrected chi connectivity index (χ4v) is 2.52. The zero-order chi connectivity index (χ0) is 11.7. The Morgan fingerprint density at radius 1 is 1.62 bits per heavy atom. The monoisotopic (exact) mass is 283 g/mol. The number of hydrogen-bond donors (Lipinski definition) is 1. The first kappa shape index (κ1) is 11.6. The summed E-state index contributed by atoms with van der Waals surface area (Å²) in [7, 11) is 0. The van der Waals surface area contributed by atoms with Crippen LogP contribution in [0.1, 0.15) is 29.3 Å². The molecule has 2 N–H and O–H groups in total. The van der Waals surface area contributed by atoms with E-state index < -0.39 is 0 Å². The van der Waals surface area contributed by atoms with Crippen LogP contribution >= 0.6 is 15.9 Å². The number of halogens is 1. The van der Waals surface area contributed by atoms with Gasteiger partial charge in [0.25, 0.3) is 0 Å². The number of benzene rings is 1. The van der Waals surface area contributed by atoms with E-state index in [9.17, 15) is 4.79 Å². The van der Waals surface area contributed by atoms with Gasteiger partial charge in [-0.2, -0.15) is 0 Å². The minimum absolute atomic E-state index is 0.0885. The molecule has 1 atom stereocenters. The summed E-state index contributed by atoms with van der Waals surface area (Å²) in [6.07, 6.45) is 1.44. The maximum absolute atomic E-state index is 11.7. The molecule has 1 aliphatic rings. The van der Waals surface area contributed by atoms with E-state index in [1.807, 2.05) is 19.1 Å². The molecule has 0 bridgehead atoms. The van der Waals surface area contributed by atoms with Crippen LogP contribution in [0.25, 0.3) is 0 Å². The van der Waals surface area contributed by atoms with E-state index in [1.54, 1.807) is 0 Å². The van der Waals surface area contributed by atoms with Gasteiger partial charge in [-0.3, -0.25) is 4.79 Å². The summed E-state index contributed by atoms with van der Waals surface area (Å²) in [5, 5.41) is 0. The molecule has 1 unspecified atom stereocenters. The van der Waals surface area contributed by atoms with Crippen LogP contribution in [-0.2, 0) is 6.42 Å². The van der Waals surface area contributed by atoms with Crippen molar-refractivity contribution < 1.29 is 9.53 Å². The van der Waals surface area contributed by atoms with Gasteiger partial charge in [-0.15, -0.1) is 0 Å². The van der Waals surface area contributed by atoms with Crippen molar-refractivity contribution in [2.75, 3.05) is 6.54 Å². The van der Waals surface area contributed by atoms with Gasteiger partial charge in [-0.25, -0.2) is 0 Å². The van der Waals surface area contributed by atoms with Crippen LogP contribution in [0.2, 0.25) is 0 Å². The Morgan fingerprint density at radius 2 is 2.38 bits per heavy atom. The number of carbonyl (C=O) groups is 1. The Morgan fingerprint density at radius 3 is 3.06 bits per heavy atom. The van der Waals surface area contributed by atoms with Gasteiger partial charge >= 0.3 is 0 Å². The molecule has 0 saturated heterocycles. The first-order chi connectivity index (χ1) is 7.61. The molecule has 16 heavy (non-hydrogen) atoms. The Hall–Kier alpha value is -0.870. The molecule has 0 radical (unpaired) electrons. The molecule has 86 valence electrons. The average molecular weight is 284 g/mol. The summed E-state index contributed by atoms with van der Waals surface area (Å²) in [4.78, 5) is 11.7. The fraction of sp³-hybridized carbons (Fsp3) is 0.417. The number of nitrogens with two attached hydrogens (primary N) is 1. The minimum Gasteiger partial charge on any atom is -0.489 e. The fourth-order valence-electron chi connectivity index (χ4n) is 1.92. The van der Waals surface area contributed by atoms with Crippen molar-refractivity contribution in [1.29, 1.82) is 0 Å². The third-order valence-corrected chi connectivity index (χ3v) is 3.23. The van der Waals surface area contributed by atoms with Gasteiger partial charge in [-0.1, -0.05) is 0 Å². The summed E-state index contributed by atoms with van der Waals surface area (Å²) in [5.74, 6) is 0.961. The average Bonchev–Trinajstić information content (AvgIpc) is 2.59. The van der Waals surface area contributed by atoms with E-state index in [4.69, 9.17) is 10.5 Å². The molecule has 0 saturated carbocycles. The molecule has 0 aliphatic carbocycles. The van der Waals surface area contributed by atoms with Crippen molar-refractivity contribution in [3.63, 3.8) is 0 Å². The van der Waals surface area contributed by atoms with Crippen LogP contribution in [-0.4, -0.2) is 18.4 Å². The van der Waals surface area contributed by atoms with Crippen LogP contribution in [0.4, 0.5) is 0 Å². The summed E-state index contributed by atoms with van der Waals surface area (Å²) in [6.45, 7) is 2.41. The van der Waals surface area contributed by atoms with E-state index in [1.165, 1.54) is 0 Å². The SMILES string of the molecule is CC1Cc2cc(C(=O)CCN)cc(Br)c2O1. The maximum Gasteiger partial charge on any atom is 0.164 e. The lowest BCUT2D eigenvalue weighted by Gasteiger charge is -2.06. The van der Waals surface area contributed by atoms with Gasteiger partial charge in [0.15, 0.2) is 5.78 Å². The van der Waals surface area contributed by atoms with E-state index in [-0.39, 0.29) is 11.9 Å². The van der Waals surface area contributed by atoms with Crippen LogP contribution in [0.5, 0.6) is 5.75 Å². The normalized spacial score (nSPS) is 18.1. The Balaban J connectivity index is 2.34. The third kappa shape index (κ3) is 2.13. The molecule has 1 aromatic carbocycles. The summed E-state index contributed by atoms with van der Waals surface area (Å²) < 4.78 is 6.51. The lowest BCUT2D eigenvalue weighted by molar-refractivity contribution is 0.0985. The zero-order valence-corrected chi connectivity index (χ0v) is 10.7. The van der Waals surface area contributed by atoms with Gasteiger partial charge in [0, 0.05) is 18.4 Å². The van der Waals surface area contributed by atoms with Crippen LogP contribution in [0, 0.1) is 0 Å².